The molecule has 2 aromatic carbocycles. The number of hydrogen-bond donors (Lipinski definition) is 2. The summed E-state index contributed by atoms with van der Waals surface area (Å²) < 4.78 is 0. The highest BCUT2D eigenvalue weighted by atomic mass is 32.2. The van der Waals surface area contributed by atoms with Crippen molar-refractivity contribution in [3.8, 4) is 0 Å². The lowest BCUT2D eigenvalue weighted by atomic mass is 9.87. The van der Waals surface area contributed by atoms with Gasteiger partial charge in [0.15, 0.2) is 0 Å². The lowest BCUT2D eigenvalue weighted by Gasteiger charge is -2.30. The summed E-state index contributed by atoms with van der Waals surface area (Å²) in [5.74, 6) is 1.61. The van der Waals surface area contributed by atoms with Gasteiger partial charge in [-0.25, -0.2) is 0 Å². The molecule has 0 saturated heterocycles. The average Bonchev–Trinajstić information content (AvgIpc) is 2.66. The number of fused-ring (bicyclic) bond motifs is 1. The van der Waals surface area contributed by atoms with Gasteiger partial charge < -0.3 is 10.6 Å². The number of nitrogens with one attached hydrogen (secondary N) is 2. The first-order valence-electron chi connectivity index (χ1n) is 9.44. The van der Waals surface area contributed by atoms with Crippen molar-refractivity contribution >= 4 is 17.7 Å². The van der Waals surface area contributed by atoms with Gasteiger partial charge in [0, 0.05) is 23.0 Å². The second kappa shape index (κ2) is 8.74. The van der Waals surface area contributed by atoms with Crippen LogP contribution in [0.25, 0.3) is 0 Å². The summed E-state index contributed by atoms with van der Waals surface area (Å²) in [6.45, 7) is 8.15. The molecule has 0 saturated carbocycles. The molecule has 0 fully saturated rings. The fourth-order valence-corrected chi connectivity index (χ4v) is 4.15. The van der Waals surface area contributed by atoms with Crippen molar-refractivity contribution in [2.75, 3.05) is 12.3 Å². The Morgan fingerprint density at radius 2 is 2.00 bits per heavy atom. The number of rotatable bonds is 6. The van der Waals surface area contributed by atoms with E-state index in [0.717, 1.165) is 29.8 Å². The van der Waals surface area contributed by atoms with Crippen LogP contribution in [0.3, 0.4) is 0 Å². The van der Waals surface area contributed by atoms with E-state index in [1.165, 1.54) is 16.0 Å². The molecular formula is C22H28N2OS. The molecule has 4 heteroatoms. The third-order valence-electron chi connectivity index (χ3n) is 4.85. The van der Waals surface area contributed by atoms with Crippen molar-refractivity contribution in [3.63, 3.8) is 0 Å². The SMILES string of the molecule is CCSc1ccc(CNC(=O)c2ccc3c(c2)CCNC3C(C)C)cc1. The molecule has 2 aromatic rings. The van der Waals surface area contributed by atoms with Crippen molar-refractivity contribution in [2.45, 2.75) is 44.7 Å². The van der Waals surface area contributed by atoms with Crippen LogP contribution in [0, 0.1) is 5.92 Å². The average molecular weight is 369 g/mol. The lowest BCUT2D eigenvalue weighted by molar-refractivity contribution is 0.0950. The van der Waals surface area contributed by atoms with E-state index in [1.807, 2.05) is 17.8 Å². The molecule has 138 valence electrons. The highest BCUT2D eigenvalue weighted by molar-refractivity contribution is 7.99. The lowest BCUT2D eigenvalue weighted by Crippen LogP contribution is -2.33. The Bertz CT molecular complexity index is 755. The molecule has 2 N–H and O–H groups in total. The fourth-order valence-electron chi connectivity index (χ4n) is 3.49. The predicted octanol–water partition coefficient (Wildman–Crippen LogP) is 4.57. The second-order valence-corrected chi connectivity index (χ2v) is 8.44. The summed E-state index contributed by atoms with van der Waals surface area (Å²) in [6, 6.07) is 14.9. The number of thioether (sulfide) groups is 1. The molecule has 0 aliphatic carbocycles. The maximum absolute atomic E-state index is 12.6. The summed E-state index contributed by atoms with van der Waals surface area (Å²) in [4.78, 5) is 13.8. The van der Waals surface area contributed by atoms with E-state index in [-0.39, 0.29) is 5.91 Å². The van der Waals surface area contributed by atoms with Crippen LogP contribution in [0.5, 0.6) is 0 Å². The smallest absolute Gasteiger partial charge is 0.251 e. The Balaban J connectivity index is 1.65. The third kappa shape index (κ3) is 4.49. The molecule has 0 aromatic heterocycles. The zero-order valence-electron chi connectivity index (χ0n) is 15.8. The van der Waals surface area contributed by atoms with Gasteiger partial charge in [-0.3, -0.25) is 4.79 Å². The number of amides is 1. The van der Waals surface area contributed by atoms with Gasteiger partial charge in [-0.05, 0) is 65.6 Å². The second-order valence-electron chi connectivity index (χ2n) is 7.10. The maximum atomic E-state index is 12.6. The van der Waals surface area contributed by atoms with Gasteiger partial charge in [-0.15, -0.1) is 11.8 Å². The highest BCUT2D eigenvalue weighted by Gasteiger charge is 2.23. The Morgan fingerprint density at radius 3 is 2.69 bits per heavy atom. The Labute approximate surface area is 161 Å². The maximum Gasteiger partial charge on any atom is 0.251 e. The van der Waals surface area contributed by atoms with Crippen LogP contribution in [-0.2, 0) is 13.0 Å². The van der Waals surface area contributed by atoms with E-state index in [2.05, 4.69) is 67.8 Å². The van der Waals surface area contributed by atoms with Crippen LogP contribution < -0.4 is 10.6 Å². The normalized spacial score (nSPS) is 16.4. The number of hydrogen-bond acceptors (Lipinski definition) is 3. The first kappa shape index (κ1) is 19.0. The molecule has 26 heavy (non-hydrogen) atoms. The van der Waals surface area contributed by atoms with Crippen LogP contribution in [0.15, 0.2) is 47.4 Å². The topological polar surface area (TPSA) is 41.1 Å². The zero-order chi connectivity index (χ0) is 18.5. The largest absolute Gasteiger partial charge is 0.348 e. The molecule has 0 bridgehead atoms. The zero-order valence-corrected chi connectivity index (χ0v) is 16.7. The summed E-state index contributed by atoms with van der Waals surface area (Å²) >= 11 is 1.83. The van der Waals surface area contributed by atoms with E-state index in [0.29, 0.717) is 18.5 Å². The summed E-state index contributed by atoms with van der Waals surface area (Å²) in [7, 11) is 0. The predicted molar refractivity (Wildman–Crippen MR) is 110 cm³/mol. The minimum Gasteiger partial charge on any atom is -0.348 e. The standard InChI is InChI=1S/C22H28N2OS/c1-4-26-19-8-5-16(6-9-19)14-24-22(25)18-7-10-20-17(13-18)11-12-23-21(20)15(2)3/h5-10,13,15,21,23H,4,11-12,14H2,1-3H3,(H,24,25). The van der Waals surface area contributed by atoms with Crippen LogP contribution in [0.4, 0.5) is 0 Å². The summed E-state index contributed by atoms with van der Waals surface area (Å²) in [6.07, 6.45) is 0.982. The fraction of sp³-hybridized carbons (Fsp3) is 0.409. The molecule has 0 spiro atoms. The molecule has 1 atom stereocenters. The quantitative estimate of drug-likeness (QED) is 0.734. The van der Waals surface area contributed by atoms with E-state index in [9.17, 15) is 4.79 Å². The van der Waals surface area contributed by atoms with Gasteiger partial charge in [-0.2, -0.15) is 0 Å². The Morgan fingerprint density at radius 1 is 1.23 bits per heavy atom. The monoisotopic (exact) mass is 368 g/mol. The molecular weight excluding hydrogens is 340 g/mol. The van der Waals surface area contributed by atoms with Crippen molar-refractivity contribution in [1.82, 2.24) is 10.6 Å². The van der Waals surface area contributed by atoms with Crippen LogP contribution in [0.2, 0.25) is 0 Å². The summed E-state index contributed by atoms with van der Waals surface area (Å²) in [5, 5.41) is 6.63. The number of carbonyl (C=O) groups excluding carboxylic acids is 1. The molecule has 0 radical (unpaired) electrons. The van der Waals surface area contributed by atoms with Crippen molar-refractivity contribution in [1.29, 1.82) is 0 Å². The van der Waals surface area contributed by atoms with Crippen LogP contribution in [0.1, 0.15) is 53.9 Å². The van der Waals surface area contributed by atoms with Crippen molar-refractivity contribution < 1.29 is 4.79 Å². The van der Waals surface area contributed by atoms with E-state index in [1.54, 1.807) is 0 Å². The molecule has 3 nitrogen and oxygen atoms in total. The molecule has 1 amide bonds. The van der Waals surface area contributed by atoms with Gasteiger partial charge in [0.05, 0.1) is 0 Å². The van der Waals surface area contributed by atoms with E-state index in [4.69, 9.17) is 0 Å². The highest BCUT2D eigenvalue weighted by Crippen LogP contribution is 2.29. The van der Waals surface area contributed by atoms with Crippen molar-refractivity contribution in [3.05, 3.63) is 64.7 Å². The third-order valence-corrected chi connectivity index (χ3v) is 5.75. The van der Waals surface area contributed by atoms with Gasteiger partial charge in [0.1, 0.15) is 0 Å². The minimum atomic E-state index is -0.000519. The Hall–Kier alpha value is -1.78. The summed E-state index contributed by atoms with van der Waals surface area (Å²) in [5.41, 5.74) is 4.52. The first-order valence-corrected chi connectivity index (χ1v) is 10.4. The number of benzene rings is 2. The minimum absolute atomic E-state index is 0.000519. The molecule has 3 rings (SSSR count). The molecule has 1 aliphatic rings. The molecule has 1 aliphatic heterocycles. The van der Waals surface area contributed by atoms with Gasteiger partial charge in [0.25, 0.3) is 5.91 Å². The van der Waals surface area contributed by atoms with Gasteiger partial charge >= 0.3 is 0 Å². The molecule has 1 unspecified atom stereocenters. The number of carbonyl (C=O) groups is 1. The van der Waals surface area contributed by atoms with Crippen LogP contribution >= 0.6 is 11.8 Å². The van der Waals surface area contributed by atoms with E-state index < -0.39 is 0 Å². The van der Waals surface area contributed by atoms with E-state index >= 15 is 0 Å². The Kier molecular flexibility index (Phi) is 6.38. The molecule has 1 heterocycles. The first-order chi connectivity index (χ1) is 12.6. The van der Waals surface area contributed by atoms with Gasteiger partial charge in [-0.1, -0.05) is 39.0 Å². The van der Waals surface area contributed by atoms with Crippen molar-refractivity contribution in [2.24, 2.45) is 5.92 Å². The van der Waals surface area contributed by atoms with Crippen LogP contribution in [-0.4, -0.2) is 18.2 Å². The van der Waals surface area contributed by atoms with Gasteiger partial charge in [0.2, 0.25) is 0 Å².